The summed E-state index contributed by atoms with van der Waals surface area (Å²) in [6.45, 7) is 8.98. The summed E-state index contributed by atoms with van der Waals surface area (Å²) in [5.74, 6) is 0.615. The van der Waals surface area contributed by atoms with Gasteiger partial charge in [0.25, 0.3) is 0 Å². The minimum Gasteiger partial charge on any atom is -0.391 e. The van der Waals surface area contributed by atoms with Gasteiger partial charge in [-0.25, -0.2) is 0 Å². The minimum absolute atomic E-state index is 0.114. The van der Waals surface area contributed by atoms with E-state index in [0.29, 0.717) is 5.92 Å². The fourth-order valence-corrected chi connectivity index (χ4v) is 6.07. The van der Waals surface area contributed by atoms with Crippen LogP contribution < -0.4 is 0 Å². The van der Waals surface area contributed by atoms with Crippen molar-refractivity contribution in [2.24, 2.45) is 11.3 Å². The van der Waals surface area contributed by atoms with Gasteiger partial charge in [0.05, 0.1) is 6.10 Å². The lowest BCUT2D eigenvalue weighted by Gasteiger charge is -2.58. The van der Waals surface area contributed by atoms with Crippen LogP contribution >= 0.6 is 0 Å². The maximum absolute atomic E-state index is 12.0. The van der Waals surface area contributed by atoms with Crippen LogP contribution in [-0.4, -0.2) is 58.6 Å². The number of aliphatic hydroxyl groups is 1. The highest BCUT2D eigenvalue weighted by molar-refractivity contribution is 5.75. The first-order chi connectivity index (χ1) is 12.4. The average Bonchev–Trinajstić information content (AvgIpc) is 2.79. The Morgan fingerprint density at radius 1 is 1.15 bits per heavy atom. The Kier molecular flexibility index (Phi) is 4.60. The van der Waals surface area contributed by atoms with Crippen molar-refractivity contribution in [2.75, 3.05) is 19.6 Å². The third-order valence-electron chi connectivity index (χ3n) is 7.08. The van der Waals surface area contributed by atoms with E-state index in [4.69, 9.17) is 0 Å². The fraction of sp³-hybridized carbons (Fsp3) is 0.682. The molecule has 2 unspecified atom stereocenters. The Labute approximate surface area is 157 Å². The Hall–Kier alpha value is -1.39. The number of hydrogen-bond donors (Lipinski definition) is 1. The molecule has 1 N–H and O–H groups in total. The summed E-state index contributed by atoms with van der Waals surface area (Å²) in [6, 6.07) is 9.27. The Bertz CT molecular complexity index is 661. The molecule has 4 nitrogen and oxygen atoms in total. The van der Waals surface area contributed by atoms with Crippen LogP contribution in [0.25, 0.3) is 0 Å². The number of rotatable bonds is 2. The first kappa shape index (κ1) is 18.0. The molecular weight excluding hydrogens is 324 g/mol. The molecule has 1 aromatic carbocycles. The van der Waals surface area contributed by atoms with Gasteiger partial charge < -0.3 is 10.0 Å². The molecule has 1 spiro atoms. The molecule has 0 bridgehead atoms. The van der Waals surface area contributed by atoms with E-state index in [2.05, 4.69) is 43.0 Å². The van der Waals surface area contributed by atoms with E-state index in [1.807, 2.05) is 4.90 Å². The summed E-state index contributed by atoms with van der Waals surface area (Å²) in [4.78, 5) is 16.5. The molecule has 2 aliphatic heterocycles. The molecule has 4 rings (SSSR count). The average molecular weight is 357 g/mol. The van der Waals surface area contributed by atoms with Gasteiger partial charge in [-0.2, -0.15) is 0 Å². The van der Waals surface area contributed by atoms with Gasteiger partial charge in [-0.1, -0.05) is 38.1 Å². The maximum atomic E-state index is 12.0. The topological polar surface area (TPSA) is 43.8 Å². The van der Waals surface area contributed by atoms with Crippen molar-refractivity contribution in [2.45, 2.75) is 64.6 Å². The Morgan fingerprint density at radius 3 is 2.31 bits per heavy atom. The first-order valence-corrected chi connectivity index (χ1v) is 10.2. The third-order valence-corrected chi connectivity index (χ3v) is 7.08. The third kappa shape index (κ3) is 2.87. The fourth-order valence-electron chi connectivity index (χ4n) is 6.07. The first-order valence-electron chi connectivity index (χ1n) is 10.2. The van der Waals surface area contributed by atoms with Gasteiger partial charge >= 0.3 is 0 Å². The lowest BCUT2D eigenvalue weighted by Crippen LogP contribution is -2.67. The van der Waals surface area contributed by atoms with Gasteiger partial charge in [0, 0.05) is 44.1 Å². The molecule has 3 aliphatic rings. The molecule has 1 saturated heterocycles. The molecule has 1 amide bonds. The van der Waals surface area contributed by atoms with Gasteiger partial charge in [0.1, 0.15) is 0 Å². The standard InChI is InChI=1S/C22H32N2O2/c1-15(2)21-22(14-24(21)16(3)25)12-19(20(26)13-22)23-10-8-17-6-4-5-7-18(17)9-11-23/h4-7,15,19-21,26H,8-14H2,1-3H3/t19-,20-,21?,22?/m1/s1. The van der Waals surface area contributed by atoms with Gasteiger partial charge in [0.2, 0.25) is 5.91 Å². The smallest absolute Gasteiger partial charge is 0.219 e. The predicted octanol–water partition coefficient (Wildman–Crippen LogP) is 2.48. The van der Waals surface area contributed by atoms with Gasteiger partial charge in [0.15, 0.2) is 0 Å². The molecule has 26 heavy (non-hydrogen) atoms. The van der Waals surface area contributed by atoms with E-state index in [0.717, 1.165) is 45.3 Å². The van der Waals surface area contributed by atoms with E-state index in [1.54, 1.807) is 6.92 Å². The van der Waals surface area contributed by atoms with Crippen molar-refractivity contribution >= 4 is 5.91 Å². The zero-order chi connectivity index (χ0) is 18.5. The second kappa shape index (κ2) is 6.65. The maximum Gasteiger partial charge on any atom is 0.219 e. The van der Waals surface area contributed by atoms with E-state index in [1.165, 1.54) is 11.1 Å². The van der Waals surface area contributed by atoms with Crippen LogP contribution in [0.4, 0.5) is 0 Å². The van der Waals surface area contributed by atoms with Crippen molar-refractivity contribution < 1.29 is 9.90 Å². The van der Waals surface area contributed by atoms with Crippen molar-refractivity contribution in [3.8, 4) is 0 Å². The van der Waals surface area contributed by atoms with Crippen LogP contribution in [0.3, 0.4) is 0 Å². The van der Waals surface area contributed by atoms with Crippen molar-refractivity contribution in [1.29, 1.82) is 0 Å². The molecular formula is C22H32N2O2. The Balaban J connectivity index is 1.49. The molecule has 1 aromatic rings. The lowest BCUT2D eigenvalue weighted by molar-refractivity contribution is -0.158. The van der Waals surface area contributed by atoms with E-state index in [-0.39, 0.29) is 29.5 Å². The lowest BCUT2D eigenvalue weighted by atomic mass is 9.65. The molecule has 4 heteroatoms. The number of nitrogens with zero attached hydrogens (tertiary/aromatic N) is 2. The molecule has 0 radical (unpaired) electrons. The van der Waals surface area contributed by atoms with Gasteiger partial charge in [-0.05, 0) is 42.7 Å². The molecule has 1 aliphatic carbocycles. The van der Waals surface area contributed by atoms with Crippen LogP contribution in [0.2, 0.25) is 0 Å². The summed E-state index contributed by atoms with van der Waals surface area (Å²) in [5.41, 5.74) is 3.04. The van der Waals surface area contributed by atoms with Crippen LogP contribution in [-0.2, 0) is 17.6 Å². The number of benzene rings is 1. The quantitative estimate of drug-likeness (QED) is 0.885. The summed E-state index contributed by atoms with van der Waals surface area (Å²) in [6.07, 6.45) is 3.73. The van der Waals surface area contributed by atoms with E-state index >= 15 is 0 Å². The monoisotopic (exact) mass is 356 g/mol. The van der Waals surface area contributed by atoms with E-state index in [9.17, 15) is 9.90 Å². The molecule has 2 fully saturated rings. The van der Waals surface area contributed by atoms with Crippen LogP contribution in [0.1, 0.15) is 44.7 Å². The Morgan fingerprint density at radius 2 is 1.77 bits per heavy atom. The molecule has 142 valence electrons. The molecule has 1 saturated carbocycles. The van der Waals surface area contributed by atoms with Gasteiger partial charge in [-0.3, -0.25) is 9.69 Å². The SMILES string of the molecule is CC(=O)N1CC2(C[C@@H](O)[C@H](N3CCc4ccccc4CC3)C2)C1C(C)C. The van der Waals surface area contributed by atoms with E-state index < -0.39 is 0 Å². The molecule has 2 heterocycles. The van der Waals surface area contributed by atoms with Crippen molar-refractivity contribution in [3.63, 3.8) is 0 Å². The summed E-state index contributed by atoms with van der Waals surface area (Å²) in [7, 11) is 0. The number of likely N-dealkylation sites (tertiary alicyclic amines) is 1. The zero-order valence-corrected chi connectivity index (χ0v) is 16.3. The number of aliphatic hydroxyl groups excluding tert-OH is 1. The largest absolute Gasteiger partial charge is 0.391 e. The second-order valence-electron chi connectivity index (χ2n) is 9.05. The van der Waals surface area contributed by atoms with Gasteiger partial charge in [-0.15, -0.1) is 0 Å². The second-order valence-corrected chi connectivity index (χ2v) is 9.05. The highest BCUT2D eigenvalue weighted by Crippen LogP contribution is 2.54. The summed E-state index contributed by atoms with van der Waals surface area (Å²) >= 11 is 0. The molecule has 4 atom stereocenters. The predicted molar refractivity (Wildman–Crippen MR) is 103 cm³/mol. The van der Waals surface area contributed by atoms with Crippen molar-refractivity contribution in [3.05, 3.63) is 35.4 Å². The summed E-state index contributed by atoms with van der Waals surface area (Å²) < 4.78 is 0. The normalized spacial score (nSPS) is 34.7. The number of hydrogen-bond acceptors (Lipinski definition) is 3. The van der Waals surface area contributed by atoms with Crippen molar-refractivity contribution in [1.82, 2.24) is 9.80 Å². The minimum atomic E-state index is -0.272. The highest BCUT2D eigenvalue weighted by Gasteiger charge is 2.60. The van der Waals surface area contributed by atoms with Crippen LogP contribution in [0.15, 0.2) is 24.3 Å². The number of amides is 1. The zero-order valence-electron chi connectivity index (χ0n) is 16.3. The van der Waals surface area contributed by atoms with Crippen LogP contribution in [0, 0.1) is 11.3 Å². The number of fused-ring (bicyclic) bond motifs is 1. The number of carbonyl (C=O) groups excluding carboxylic acids is 1. The van der Waals surface area contributed by atoms with Crippen LogP contribution in [0.5, 0.6) is 0 Å². The molecule has 0 aromatic heterocycles. The summed E-state index contributed by atoms with van der Waals surface area (Å²) in [5, 5.41) is 10.9. The number of carbonyl (C=O) groups is 1. The highest BCUT2D eigenvalue weighted by atomic mass is 16.3.